The predicted octanol–water partition coefficient (Wildman–Crippen LogP) is 2.12. The van der Waals surface area contributed by atoms with Crippen molar-refractivity contribution in [3.8, 4) is 0 Å². The minimum absolute atomic E-state index is 0.0434. The lowest BCUT2D eigenvalue weighted by Gasteiger charge is -2.06. The summed E-state index contributed by atoms with van der Waals surface area (Å²) >= 11 is 0. The van der Waals surface area contributed by atoms with Gasteiger partial charge in [0, 0.05) is 13.5 Å². The Hall–Kier alpha value is -1.83. The van der Waals surface area contributed by atoms with E-state index < -0.39 is 12.8 Å². The second kappa shape index (κ2) is 5.43. The van der Waals surface area contributed by atoms with Gasteiger partial charge in [-0.25, -0.2) is 9.97 Å². The molecule has 0 aliphatic rings. The van der Waals surface area contributed by atoms with Crippen molar-refractivity contribution in [2.24, 2.45) is 0 Å². The number of rotatable bonds is 5. The minimum Gasteiger partial charge on any atom is -0.373 e. The fourth-order valence-corrected chi connectivity index (χ4v) is 1.56. The van der Waals surface area contributed by atoms with Crippen LogP contribution in [0.25, 0.3) is 11.2 Å². The van der Waals surface area contributed by atoms with Gasteiger partial charge in [-0.15, -0.1) is 0 Å². The summed E-state index contributed by atoms with van der Waals surface area (Å²) in [5, 5.41) is 2.88. The fourth-order valence-electron chi connectivity index (χ4n) is 1.56. The lowest BCUT2D eigenvalue weighted by atomic mass is 10.4. The Morgan fingerprint density at radius 1 is 1.32 bits per heavy atom. The molecule has 2 aromatic heterocycles. The first-order valence-corrected chi connectivity index (χ1v) is 5.66. The van der Waals surface area contributed by atoms with E-state index in [1.807, 2.05) is 0 Å². The molecule has 0 atom stereocenters. The van der Waals surface area contributed by atoms with Gasteiger partial charge in [0.1, 0.15) is 18.2 Å². The van der Waals surface area contributed by atoms with E-state index in [0.717, 1.165) is 5.52 Å². The zero-order chi connectivity index (χ0) is 13.9. The van der Waals surface area contributed by atoms with Gasteiger partial charge >= 0.3 is 6.18 Å². The average molecular weight is 274 g/mol. The van der Waals surface area contributed by atoms with Crippen LogP contribution in [0.3, 0.4) is 0 Å². The molecule has 0 bridgehead atoms. The zero-order valence-electron chi connectivity index (χ0n) is 10.2. The molecule has 0 saturated carbocycles. The normalized spacial score (nSPS) is 12.0. The van der Waals surface area contributed by atoms with Crippen LogP contribution in [0.4, 0.5) is 19.0 Å². The highest BCUT2D eigenvalue weighted by atomic mass is 19.4. The Morgan fingerprint density at radius 3 is 2.79 bits per heavy atom. The van der Waals surface area contributed by atoms with Crippen molar-refractivity contribution in [3.63, 3.8) is 0 Å². The minimum atomic E-state index is -4.29. The second-order valence-corrected chi connectivity index (χ2v) is 3.92. The van der Waals surface area contributed by atoms with E-state index in [0.29, 0.717) is 17.3 Å². The van der Waals surface area contributed by atoms with Crippen LogP contribution in [-0.2, 0) is 11.2 Å². The van der Waals surface area contributed by atoms with Crippen LogP contribution in [0.2, 0.25) is 0 Å². The largest absolute Gasteiger partial charge is 0.411 e. The number of imidazole rings is 1. The summed E-state index contributed by atoms with van der Waals surface area (Å²) in [5.74, 6) is 1.23. The second-order valence-electron chi connectivity index (χ2n) is 3.92. The van der Waals surface area contributed by atoms with Gasteiger partial charge in [-0.05, 0) is 12.1 Å². The summed E-state index contributed by atoms with van der Waals surface area (Å²) < 4.78 is 40.1. The molecule has 0 amide bonds. The molecule has 0 unspecified atom stereocenters. The van der Waals surface area contributed by atoms with Crippen LogP contribution in [0.1, 0.15) is 5.82 Å². The number of pyridine rings is 1. The molecule has 0 fully saturated rings. The van der Waals surface area contributed by atoms with E-state index >= 15 is 0 Å². The van der Waals surface area contributed by atoms with Crippen molar-refractivity contribution >= 4 is 17.0 Å². The highest BCUT2D eigenvalue weighted by molar-refractivity contribution is 5.72. The molecular weight excluding hydrogens is 261 g/mol. The molecule has 0 aliphatic carbocycles. The number of hydrogen-bond acceptors (Lipinski definition) is 4. The lowest BCUT2D eigenvalue weighted by molar-refractivity contribution is -0.173. The van der Waals surface area contributed by atoms with Crippen molar-refractivity contribution in [1.29, 1.82) is 0 Å². The van der Waals surface area contributed by atoms with Crippen LogP contribution in [-0.4, -0.2) is 41.4 Å². The summed E-state index contributed by atoms with van der Waals surface area (Å²) in [4.78, 5) is 11.4. The van der Waals surface area contributed by atoms with Gasteiger partial charge in [0.05, 0.1) is 12.1 Å². The van der Waals surface area contributed by atoms with Gasteiger partial charge in [-0.2, -0.15) is 13.2 Å². The molecule has 104 valence electrons. The Balaban J connectivity index is 1.94. The molecular formula is C11H13F3N4O. The van der Waals surface area contributed by atoms with Gasteiger partial charge < -0.3 is 15.0 Å². The summed E-state index contributed by atoms with van der Waals surface area (Å²) in [6.07, 6.45) is -4.02. The molecule has 0 saturated heterocycles. The van der Waals surface area contributed by atoms with E-state index in [9.17, 15) is 13.2 Å². The SMILES string of the molecule is CNc1ccc2[nH]c(CCOCC(F)(F)F)nc2n1. The Morgan fingerprint density at radius 2 is 2.11 bits per heavy atom. The van der Waals surface area contributed by atoms with Crippen LogP contribution < -0.4 is 5.32 Å². The Labute approximate surface area is 107 Å². The number of alkyl halides is 3. The van der Waals surface area contributed by atoms with E-state index in [-0.39, 0.29) is 13.0 Å². The topological polar surface area (TPSA) is 62.8 Å². The highest BCUT2D eigenvalue weighted by Gasteiger charge is 2.27. The van der Waals surface area contributed by atoms with Crippen LogP contribution in [0, 0.1) is 0 Å². The van der Waals surface area contributed by atoms with Crippen molar-refractivity contribution in [2.75, 3.05) is 25.6 Å². The predicted molar refractivity (Wildman–Crippen MR) is 64.0 cm³/mol. The van der Waals surface area contributed by atoms with Gasteiger partial charge in [-0.3, -0.25) is 0 Å². The van der Waals surface area contributed by atoms with E-state index in [1.54, 1.807) is 19.2 Å². The number of nitrogens with zero attached hydrogens (tertiary/aromatic N) is 2. The number of H-pyrrole nitrogens is 1. The summed E-state index contributed by atoms with van der Waals surface area (Å²) in [7, 11) is 1.74. The van der Waals surface area contributed by atoms with E-state index in [1.165, 1.54) is 0 Å². The van der Waals surface area contributed by atoms with E-state index in [4.69, 9.17) is 0 Å². The van der Waals surface area contributed by atoms with Crippen LogP contribution in [0.15, 0.2) is 12.1 Å². The number of aromatic amines is 1. The Kier molecular flexibility index (Phi) is 3.89. The Bertz CT molecular complexity index is 552. The van der Waals surface area contributed by atoms with Crippen molar-refractivity contribution < 1.29 is 17.9 Å². The molecule has 2 N–H and O–H groups in total. The fraction of sp³-hybridized carbons (Fsp3) is 0.455. The van der Waals surface area contributed by atoms with Crippen LogP contribution in [0.5, 0.6) is 0 Å². The average Bonchev–Trinajstić information content (AvgIpc) is 2.75. The van der Waals surface area contributed by atoms with Crippen molar-refractivity contribution in [2.45, 2.75) is 12.6 Å². The van der Waals surface area contributed by atoms with Crippen molar-refractivity contribution in [1.82, 2.24) is 15.0 Å². The third kappa shape index (κ3) is 3.82. The van der Waals surface area contributed by atoms with Gasteiger partial charge in [0.2, 0.25) is 0 Å². The molecule has 0 spiro atoms. The molecule has 2 rings (SSSR count). The number of hydrogen-bond donors (Lipinski definition) is 2. The van der Waals surface area contributed by atoms with Crippen molar-refractivity contribution in [3.05, 3.63) is 18.0 Å². The monoisotopic (exact) mass is 274 g/mol. The highest BCUT2D eigenvalue weighted by Crippen LogP contribution is 2.15. The molecule has 8 heteroatoms. The first kappa shape index (κ1) is 13.6. The number of ether oxygens (including phenoxy) is 1. The molecule has 19 heavy (non-hydrogen) atoms. The summed E-state index contributed by atoms with van der Waals surface area (Å²) in [6, 6.07) is 3.59. The number of aromatic nitrogens is 3. The van der Waals surface area contributed by atoms with Gasteiger partial charge in [-0.1, -0.05) is 0 Å². The first-order chi connectivity index (χ1) is 8.98. The molecule has 0 aromatic carbocycles. The molecule has 0 radical (unpaired) electrons. The summed E-state index contributed by atoms with van der Waals surface area (Å²) in [5.41, 5.74) is 1.27. The molecule has 0 aliphatic heterocycles. The first-order valence-electron chi connectivity index (χ1n) is 5.66. The number of fused-ring (bicyclic) bond motifs is 1. The maximum atomic E-state index is 11.9. The summed E-state index contributed by atoms with van der Waals surface area (Å²) in [6.45, 7) is -1.28. The number of anilines is 1. The van der Waals surface area contributed by atoms with Gasteiger partial charge in [0.15, 0.2) is 5.65 Å². The molecule has 2 aromatic rings. The molecule has 5 nitrogen and oxygen atoms in total. The number of halogens is 3. The third-order valence-corrected chi connectivity index (χ3v) is 2.40. The maximum Gasteiger partial charge on any atom is 0.411 e. The van der Waals surface area contributed by atoms with Crippen LogP contribution >= 0.6 is 0 Å². The lowest BCUT2D eigenvalue weighted by Crippen LogP contribution is -2.18. The number of nitrogens with one attached hydrogen (secondary N) is 2. The maximum absolute atomic E-state index is 11.9. The zero-order valence-corrected chi connectivity index (χ0v) is 10.2. The van der Waals surface area contributed by atoms with Gasteiger partial charge in [0.25, 0.3) is 0 Å². The van der Waals surface area contributed by atoms with E-state index in [2.05, 4.69) is 25.0 Å². The quantitative estimate of drug-likeness (QED) is 0.820. The third-order valence-electron chi connectivity index (χ3n) is 2.40. The molecule has 2 heterocycles. The smallest absolute Gasteiger partial charge is 0.373 e. The standard InChI is InChI=1S/C11H13F3N4O/c1-15-8-3-2-7-10(17-8)18-9(16-7)4-5-19-6-11(12,13)14/h2-3H,4-6H2,1H3,(H2,15,16,17,18).